The maximum Gasteiger partial charge on any atom is 0.0247 e. The summed E-state index contributed by atoms with van der Waals surface area (Å²) < 4.78 is 0. The molecule has 0 atom stereocenters. The first kappa shape index (κ1) is 24.1. The van der Waals surface area contributed by atoms with Crippen molar-refractivity contribution in [1.82, 2.24) is 31.5 Å². The van der Waals surface area contributed by atoms with Gasteiger partial charge in [0.25, 0.3) is 0 Å². The van der Waals surface area contributed by atoms with Crippen LogP contribution in [0.2, 0.25) is 0 Å². The van der Waals surface area contributed by atoms with Crippen LogP contribution < -0.4 is 26.6 Å². The van der Waals surface area contributed by atoms with Crippen molar-refractivity contribution in [2.24, 2.45) is 0 Å². The molecule has 0 spiro atoms. The average Bonchev–Trinajstić information content (AvgIpc) is 2.84. The lowest BCUT2D eigenvalue weighted by atomic mass is 9.96. The Kier molecular flexibility index (Phi) is 9.92. The molecule has 0 aromatic heterocycles. The van der Waals surface area contributed by atoms with E-state index >= 15 is 0 Å². The highest BCUT2D eigenvalue weighted by Crippen LogP contribution is 2.29. The van der Waals surface area contributed by atoms with Gasteiger partial charge in [-0.3, -0.25) is 4.90 Å². The maximum absolute atomic E-state index is 3.62. The van der Waals surface area contributed by atoms with Crippen LogP contribution in [-0.4, -0.2) is 83.4 Å². The van der Waals surface area contributed by atoms with Gasteiger partial charge in [-0.1, -0.05) is 48.5 Å². The molecule has 3 aromatic rings. The lowest BCUT2D eigenvalue weighted by Gasteiger charge is -2.25. The summed E-state index contributed by atoms with van der Waals surface area (Å²) >= 11 is 0. The fourth-order valence-electron chi connectivity index (χ4n) is 4.58. The summed E-state index contributed by atoms with van der Waals surface area (Å²) in [7, 11) is 0. The molecule has 0 radical (unpaired) electrons. The number of hydrogen-bond acceptors (Lipinski definition) is 6. The van der Waals surface area contributed by atoms with E-state index in [1.807, 2.05) is 0 Å². The van der Waals surface area contributed by atoms with Crippen LogP contribution in [0.1, 0.15) is 5.56 Å². The normalized spacial score (nSPS) is 19.3. The number of fused-ring (bicyclic) bond motifs is 2. The molecule has 0 unspecified atom stereocenters. The molecule has 0 aliphatic carbocycles. The zero-order chi connectivity index (χ0) is 22.6. The van der Waals surface area contributed by atoms with Gasteiger partial charge in [-0.25, -0.2) is 0 Å². The Balaban J connectivity index is 1.46. The van der Waals surface area contributed by atoms with Crippen LogP contribution >= 0.6 is 0 Å². The molecule has 0 bridgehead atoms. The van der Waals surface area contributed by atoms with Crippen molar-refractivity contribution in [2.45, 2.75) is 6.54 Å². The van der Waals surface area contributed by atoms with Crippen molar-refractivity contribution in [2.75, 3.05) is 78.5 Å². The number of nitrogens with zero attached hydrogens (tertiary/aromatic N) is 1. The van der Waals surface area contributed by atoms with Gasteiger partial charge < -0.3 is 26.6 Å². The molecule has 3 aromatic carbocycles. The van der Waals surface area contributed by atoms with Crippen molar-refractivity contribution in [3.05, 3.63) is 60.2 Å². The molecule has 0 amide bonds. The van der Waals surface area contributed by atoms with Gasteiger partial charge in [-0.15, -0.1) is 0 Å². The van der Waals surface area contributed by atoms with Crippen LogP contribution in [-0.2, 0) is 6.54 Å². The third kappa shape index (κ3) is 7.47. The van der Waals surface area contributed by atoms with Crippen molar-refractivity contribution >= 4 is 21.5 Å². The minimum absolute atomic E-state index is 0.966. The molecule has 33 heavy (non-hydrogen) atoms. The van der Waals surface area contributed by atoms with E-state index in [2.05, 4.69) is 86.1 Å². The molecule has 5 N–H and O–H groups in total. The molecule has 1 heterocycles. The highest BCUT2D eigenvalue weighted by Gasteiger charge is 2.12. The molecule has 6 heteroatoms. The van der Waals surface area contributed by atoms with Crippen molar-refractivity contribution in [3.63, 3.8) is 0 Å². The highest BCUT2D eigenvalue weighted by atomic mass is 15.2. The number of hydrogen-bond donors (Lipinski definition) is 5. The average molecular weight is 449 g/mol. The van der Waals surface area contributed by atoms with Gasteiger partial charge in [-0.2, -0.15) is 0 Å². The second kappa shape index (κ2) is 13.6. The van der Waals surface area contributed by atoms with E-state index in [-0.39, 0.29) is 0 Å². The van der Waals surface area contributed by atoms with Crippen LogP contribution in [0.4, 0.5) is 0 Å². The van der Waals surface area contributed by atoms with E-state index in [0.29, 0.717) is 0 Å². The van der Waals surface area contributed by atoms with Crippen LogP contribution in [0.3, 0.4) is 0 Å². The minimum atomic E-state index is 0.966. The lowest BCUT2D eigenvalue weighted by molar-refractivity contribution is 0.266. The van der Waals surface area contributed by atoms with Crippen molar-refractivity contribution < 1.29 is 0 Å². The van der Waals surface area contributed by atoms with Gasteiger partial charge in [0.2, 0.25) is 0 Å². The Morgan fingerprint density at radius 1 is 0.515 bits per heavy atom. The van der Waals surface area contributed by atoms with Crippen LogP contribution in [0.15, 0.2) is 54.6 Å². The largest absolute Gasteiger partial charge is 0.314 e. The Labute approximate surface area is 198 Å². The second-order valence-electron chi connectivity index (χ2n) is 8.82. The van der Waals surface area contributed by atoms with E-state index in [0.717, 1.165) is 85.1 Å². The molecular weight excluding hydrogens is 408 g/mol. The first-order valence-electron chi connectivity index (χ1n) is 12.6. The van der Waals surface area contributed by atoms with E-state index in [4.69, 9.17) is 0 Å². The Morgan fingerprint density at radius 3 is 1.36 bits per heavy atom. The molecular formula is C27H40N6. The van der Waals surface area contributed by atoms with Gasteiger partial charge in [0.15, 0.2) is 0 Å². The molecule has 1 aliphatic rings. The van der Waals surface area contributed by atoms with E-state index in [1.54, 1.807) is 0 Å². The smallest absolute Gasteiger partial charge is 0.0247 e. The van der Waals surface area contributed by atoms with Crippen LogP contribution in [0, 0.1) is 0 Å². The maximum atomic E-state index is 3.62. The van der Waals surface area contributed by atoms with Gasteiger partial charge in [0.1, 0.15) is 0 Å². The molecule has 4 rings (SSSR count). The fourth-order valence-corrected chi connectivity index (χ4v) is 4.58. The zero-order valence-electron chi connectivity index (χ0n) is 19.8. The fraction of sp³-hybridized carbons (Fsp3) is 0.481. The Hall–Kier alpha value is -2.06. The van der Waals surface area contributed by atoms with Crippen molar-refractivity contribution in [3.8, 4) is 0 Å². The Bertz CT molecular complexity index is 903. The van der Waals surface area contributed by atoms with E-state index in [1.165, 1.54) is 27.1 Å². The first-order chi connectivity index (χ1) is 16.4. The van der Waals surface area contributed by atoms with E-state index < -0.39 is 0 Å². The quantitative estimate of drug-likeness (QED) is 0.385. The summed E-state index contributed by atoms with van der Waals surface area (Å²) in [6.07, 6.45) is 0. The Morgan fingerprint density at radius 2 is 0.909 bits per heavy atom. The summed E-state index contributed by atoms with van der Waals surface area (Å²) in [4.78, 5) is 2.60. The summed E-state index contributed by atoms with van der Waals surface area (Å²) in [5.74, 6) is 0. The predicted molar refractivity (Wildman–Crippen MR) is 141 cm³/mol. The molecule has 1 aliphatic heterocycles. The summed E-state index contributed by atoms with van der Waals surface area (Å²) in [6, 6.07) is 20.0. The van der Waals surface area contributed by atoms with Gasteiger partial charge in [0, 0.05) is 85.1 Å². The summed E-state index contributed by atoms with van der Waals surface area (Å²) in [6.45, 7) is 13.2. The van der Waals surface area contributed by atoms with Gasteiger partial charge in [0.05, 0.1) is 0 Å². The molecule has 1 fully saturated rings. The lowest BCUT2D eigenvalue weighted by Crippen LogP contribution is -2.41. The molecule has 178 valence electrons. The summed E-state index contributed by atoms with van der Waals surface area (Å²) in [5.41, 5.74) is 1.45. The standard InChI is InChI=1S/C27H40N6/c1-3-7-25-23(5-1)21-24-6-2-4-8-26(24)27(25)22-33-19-17-31-15-13-29-11-9-28-10-12-30-14-16-32-18-20-33/h1-8,21,28-32H,9-20,22H2. The summed E-state index contributed by atoms with van der Waals surface area (Å²) in [5, 5.41) is 23.1. The first-order valence-corrected chi connectivity index (χ1v) is 12.6. The van der Waals surface area contributed by atoms with Crippen LogP contribution in [0.5, 0.6) is 0 Å². The van der Waals surface area contributed by atoms with Gasteiger partial charge >= 0.3 is 0 Å². The zero-order valence-corrected chi connectivity index (χ0v) is 19.8. The van der Waals surface area contributed by atoms with E-state index in [9.17, 15) is 0 Å². The number of nitrogens with one attached hydrogen (secondary N) is 5. The topological polar surface area (TPSA) is 63.4 Å². The van der Waals surface area contributed by atoms with Crippen LogP contribution in [0.25, 0.3) is 21.5 Å². The molecule has 0 saturated carbocycles. The SMILES string of the molecule is c1ccc2c(CN3CCNCCNCCNCCNCCNCC3)c3ccccc3cc2c1. The molecule has 1 saturated heterocycles. The number of rotatable bonds is 2. The third-order valence-electron chi connectivity index (χ3n) is 6.39. The minimum Gasteiger partial charge on any atom is -0.314 e. The number of benzene rings is 3. The highest BCUT2D eigenvalue weighted by molar-refractivity contribution is 6.02. The van der Waals surface area contributed by atoms with Crippen molar-refractivity contribution in [1.29, 1.82) is 0 Å². The third-order valence-corrected chi connectivity index (χ3v) is 6.39. The molecule has 6 nitrogen and oxygen atoms in total. The monoisotopic (exact) mass is 448 g/mol. The second-order valence-corrected chi connectivity index (χ2v) is 8.82. The van der Waals surface area contributed by atoms with Gasteiger partial charge in [-0.05, 0) is 33.2 Å². The predicted octanol–water partition coefficient (Wildman–Crippen LogP) is 1.76.